The average molecular weight is 288 g/mol. The van der Waals surface area contributed by atoms with Gasteiger partial charge in [-0.3, -0.25) is 9.38 Å². The summed E-state index contributed by atoms with van der Waals surface area (Å²) in [7, 11) is 0. The third-order valence-electron chi connectivity index (χ3n) is 3.44. The molecule has 3 rings (SSSR count). The lowest BCUT2D eigenvalue weighted by molar-refractivity contribution is 0.994. The molecule has 0 amide bonds. The molecule has 3 aromatic rings. The van der Waals surface area contributed by atoms with E-state index in [1.54, 1.807) is 0 Å². The summed E-state index contributed by atoms with van der Waals surface area (Å²) >= 11 is 6.15. The van der Waals surface area contributed by atoms with E-state index in [0.717, 1.165) is 34.2 Å². The van der Waals surface area contributed by atoms with E-state index in [1.807, 2.05) is 44.2 Å². The average Bonchev–Trinajstić information content (AvgIpc) is 2.81. The van der Waals surface area contributed by atoms with Crippen LogP contribution < -0.4 is 0 Å². The minimum Gasteiger partial charge on any atom is -0.275 e. The Labute approximate surface area is 121 Å². The lowest BCUT2D eigenvalue weighted by atomic mass is 10.1. The van der Waals surface area contributed by atoms with E-state index in [9.17, 15) is 0 Å². The molecular formula is C14H14ClN5. The van der Waals surface area contributed by atoms with Crippen molar-refractivity contribution >= 4 is 17.2 Å². The van der Waals surface area contributed by atoms with Crippen molar-refractivity contribution in [2.24, 2.45) is 0 Å². The Morgan fingerprint density at radius 2 is 1.70 bits per heavy atom. The van der Waals surface area contributed by atoms with Gasteiger partial charge in [0.15, 0.2) is 16.6 Å². The van der Waals surface area contributed by atoms with Gasteiger partial charge in [-0.15, -0.1) is 10.2 Å². The minimum absolute atomic E-state index is 0.365. The highest BCUT2D eigenvalue weighted by Crippen LogP contribution is 2.26. The summed E-state index contributed by atoms with van der Waals surface area (Å²) in [6.45, 7) is 7.84. The maximum atomic E-state index is 6.15. The smallest absolute Gasteiger partial charge is 0.199 e. The van der Waals surface area contributed by atoms with Crippen LogP contribution in [0.1, 0.15) is 22.8 Å². The Kier molecular flexibility index (Phi) is 2.94. The van der Waals surface area contributed by atoms with Crippen LogP contribution in [0.4, 0.5) is 0 Å². The fraction of sp³-hybridized carbons (Fsp3) is 0.286. The molecule has 0 unspecified atom stereocenters. The zero-order chi connectivity index (χ0) is 14.4. The monoisotopic (exact) mass is 287 g/mol. The molecule has 0 N–H and O–H groups in total. The highest BCUT2D eigenvalue weighted by atomic mass is 35.5. The third-order valence-corrected chi connectivity index (χ3v) is 3.69. The molecule has 0 spiro atoms. The minimum atomic E-state index is 0.365. The lowest BCUT2D eigenvalue weighted by Gasteiger charge is -2.09. The van der Waals surface area contributed by atoms with Gasteiger partial charge in [0.2, 0.25) is 0 Å². The van der Waals surface area contributed by atoms with E-state index >= 15 is 0 Å². The summed E-state index contributed by atoms with van der Waals surface area (Å²) in [6.07, 6.45) is 0. The summed E-state index contributed by atoms with van der Waals surface area (Å²) in [6, 6.07) is 3.98. The van der Waals surface area contributed by atoms with Crippen LogP contribution in [0, 0.1) is 27.7 Å². The van der Waals surface area contributed by atoms with E-state index in [4.69, 9.17) is 11.6 Å². The molecular weight excluding hydrogens is 274 g/mol. The normalized spacial score (nSPS) is 11.2. The Morgan fingerprint density at radius 3 is 2.40 bits per heavy atom. The summed E-state index contributed by atoms with van der Waals surface area (Å²) in [5.74, 6) is 0.745. The molecule has 3 aromatic heterocycles. The van der Waals surface area contributed by atoms with Crippen molar-refractivity contribution in [3.63, 3.8) is 0 Å². The number of halogens is 1. The number of aryl methyl sites for hydroxylation is 4. The molecule has 0 atom stereocenters. The van der Waals surface area contributed by atoms with Crippen molar-refractivity contribution in [2.45, 2.75) is 27.7 Å². The van der Waals surface area contributed by atoms with Crippen molar-refractivity contribution in [3.05, 3.63) is 40.1 Å². The van der Waals surface area contributed by atoms with E-state index in [0.29, 0.717) is 10.8 Å². The molecule has 5 nitrogen and oxygen atoms in total. The van der Waals surface area contributed by atoms with Gasteiger partial charge in [-0.05, 0) is 39.8 Å². The Bertz CT molecular complexity index is 822. The Hall–Kier alpha value is -2.01. The van der Waals surface area contributed by atoms with Gasteiger partial charge < -0.3 is 0 Å². The van der Waals surface area contributed by atoms with Gasteiger partial charge in [0.25, 0.3) is 0 Å². The molecule has 0 bridgehead atoms. The Balaban J connectivity index is 2.38. The van der Waals surface area contributed by atoms with Crippen LogP contribution in [0.25, 0.3) is 17.0 Å². The van der Waals surface area contributed by atoms with E-state index in [-0.39, 0.29) is 0 Å². The molecule has 0 saturated carbocycles. The van der Waals surface area contributed by atoms with Crippen molar-refractivity contribution in [2.75, 3.05) is 0 Å². The standard InChI is InChI=1S/C14H14ClN5/c1-7-5-6-11(9(3)16-7)13-18-19-14-12(15)17-8(2)10(4)20(13)14/h5-6H,1-4H3. The van der Waals surface area contributed by atoms with Crippen LogP contribution in [0.2, 0.25) is 5.15 Å². The first-order valence-electron chi connectivity index (χ1n) is 6.31. The fourth-order valence-corrected chi connectivity index (χ4v) is 2.52. The predicted octanol–water partition coefficient (Wildman–Crippen LogP) is 3.07. The van der Waals surface area contributed by atoms with Crippen molar-refractivity contribution in [1.82, 2.24) is 24.6 Å². The molecule has 0 saturated heterocycles. The first-order valence-corrected chi connectivity index (χ1v) is 6.69. The lowest BCUT2D eigenvalue weighted by Crippen LogP contribution is -2.02. The Morgan fingerprint density at radius 1 is 0.950 bits per heavy atom. The number of nitrogens with zero attached hydrogens (tertiary/aromatic N) is 5. The fourth-order valence-electron chi connectivity index (χ4n) is 2.27. The second kappa shape index (κ2) is 4.52. The van der Waals surface area contributed by atoms with Crippen LogP contribution in [0.15, 0.2) is 12.1 Å². The zero-order valence-corrected chi connectivity index (χ0v) is 12.5. The molecule has 0 aromatic carbocycles. The van der Waals surface area contributed by atoms with Crippen molar-refractivity contribution in [3.8, 4) is 11.4 Å². The van der Waals surface area contributed by atoms with Crippen LogP contribution in [-0.2, 0) is 0 Å². The number of rotatable bonds is 1. The van der Waals surface area contributed by atoms with E-state index in [1.165, 1.54) is 0 Å². The van der Waals surface area contributed by atoms with Crippen molar-refractivity contribution in [1.29, 1.82) is 0 Å². The first kappa shape index (κ1) is 13.0. The quantitative estimate of drug-likeness (QED) is 0.690. The maximum absolute atomic E-state index is 6.15. The molecule has 20 heavy (non-hydrogen) atoms. The molecule has 0 fully saturated rings. The van der Waals surface area contributed by atoms with Crippen LogP contribution in [0.5, 0.6) is 0 Å². The van der Waals surface area contributed by atoms with Gasteiger partial charge in [0, 0.05) is 22.6 Å². The van der Waals surface area contributed by atoms with Crippen LogP contribution in [-0.4, -0.2) is 24.6 Å². The molecule has 0 aliphatic heterocycles. The van der Waals surface area contributed by atoms with Gasteiger partial charge in [-0.2, -0.15) is 0 Å². The van der Waals surface area contributed by atoms with E-state index < -0.39 is 0 Å². The molecule has 0 aliphatic rings. The highest BCUT2D eigenvalue weighted by Gasteiger charge is 2.17. The molecule has 0 aliphatic carbocycles. The first-order chi connectivity index (χ1) is 9.49. The maximum Gasteiger partial charge on any atom is 0.199 e. The second-order valence-corrected chi connectivity index (χ2v) is 5.20. The summed E-state index contributed by atoms with van der Waals surface area (Å²) in [5, 5.41) is 8.78. The number of hydrogen-bond acceptors (Lipinski definition) is 4. The van der Waals surface area contributed by atoms with Gasteiger partial charge in [-0.1, -0.05) is 11.6 Å². The van der Waals surface area contributed by atoms with Crippen LogP contribution in [0.3, 0.4) is 0 Å². The van der Waals surface area contributed by atoms with Gasteiger partial charge in [0.1, 0.15) is 0 Å². The molecule has 3 heterocycles. The van der Waals surface area contributed by atoms with Gasteiger partial charge >= 0.3 is 0 Å². The predicted molar refractivity (Wildman–Crippen MR) is 78.0 cm³/mol. The van der Waals surface area contributed by atoms with E-state index in [2.05, 4.69) is 20.2 Å². The SMILES string of the molecule is Cc1ccc(-c2nnc3c(Cl)nc(C)c(C)n23)c(C)n1. The molecule has 102 valence electrons. The number of pyridine rings is 1. The second-order valence-electron chi connectivity index (χ2n) is 4.84. The summed E-state index contributed by atoms with van der Waals surface area (Å²) in [4.78, 5) is 8.75. The molecule has 0 radical (unpaired) electrons. The van der Waals surface area contributed by atoms with Crippen LogP contribution >= 0.6 is 11.6 Å². The largest absolute Gasteiger partial charge is 0.275 e. The number of aromatic nitrogens is 5. The topological polar surface area (TPSA) is 56.0 Å². The highest BCUT2D eigenvalue weighted by molar-refractivity contribution is 6.32. The van der Waals surface area contributed by atoms with Gasteiger partial charge in [-0.25, -0.2) is 4.98 Å². The van der Waals surface area contributed by atoms with Crippen molar-refractivity contribution < 1.29 is 0 Å². The zero-order valence-electron chi connectivity index (χ0n) is 11.8. The van der Waals surface area contributed by atoms with Gasteiger partial charge in [0.05, 0.1) is 5.69 Å². The number of fused-ring (bicyclic) bond motifs is 1. The molecule has 6 heteroatoms. The number of hydrogen-bond donors (Lipinski definition) is 0. The third kappa shape index (κ3) is 1.86. The summed E-state index contributed by atoms with van der Waals surface area (Å²) in [5.41, 5.74) is 5.26. The summed E-state index contributed by atoms with van der Waals surface area (Å²) < 4.78 is 1.93.